The van der Waals surface area contributed by atoms with E-state index in [1.54, 1.807) is 12.1 Å². The van der Waals surface area contributed by atoms with Gasteiger partial charge in [-0.1, -0.05) is 13.0 Å². The number of hydrogen-bond acceptors (Lipinski definition) is 2. The maximum atomic E-state index is 13.6. The molecule has 2 unspecified atom stereocenters. The van der Waals surface area contributed by atoms with Crippen LogP contribution < -0.4 is 10.1 Å². The number of hydrogen-bond donors (Lipinski definition) is 1. The van der Waals surface area contributed by atoms with E-state index in [1.165, 1.54) is 7.11 Å². The smallest absolute Gasteiger partial charge is 0.165 e. The van der Waals surface area contributed by atoms with Crippen LogP contribution in [-0.4, -0.2) is 20.2 Å². The van der Waals surface area contributed by atoms with Gasteiger partial charge in [0.1, 0.15) is 0 Å². The molecule has 1 aromatic rings. The molecule has 1 aliphatic rings. The molecule has 0 bridgehead atoms. The average molecular weight is 223 g/mol. The molecule has 0 aromatic heterocycles. The van der Waals surface area contributed by atoms with E-state index < -0.39 is 0 Å². The summed E-state index contributed by atoms with van der Waals surface area (Å²) < 4.78 is 18.5. The molecule has 1 heterocycles. The van der Waals surface area contributed by atoms with Gasteiger partial charge in [0.25, 0.3) is 0 Å². The van der Waals surface area contributed by atoms with Crippen LogP contribution in [0.4, 0.5) is 4.39 Å². The van der Waals surface area contributed by atoms with Crippen molar-refractivity contribution in [3.05, 3.63) is 29.6 Å². The van der Waals surface area contributed by atoms with Crippen molar-refractivity contribution in [2.45, 2.75) is 19.3 Å². The number of ether oxygens (including phenoxy) is 1. The lowest BCUT2D eigenvalue weighted by molar-refractivity contribution is 0.345. The van der Waals surface area contributed by atoms with Crippen molar-refractivity contribution in [1.29, 1.82) is 0 Å². The van der Waals surface area contributed by atoms with Gasteiger partial charge in [0, 0.05) is 6.54 Å². The van der Waals surface area contributed by atoms with E-state index in [-0.39, 0.29) is 5.82 Å². The second kappa shape index (κ2) is 4.83. The van der Waals surface area contributed by atoms with Crippen molar-refractivity contribution in [2.75, 3.05) is 20.2 Å². The molecule has 0 radical (unpaired) electrons. The quantitative estimate of drug-likeness (QED) is 0.832. The Bertz CT molecular complexity index is 367. The highest BCUT2D eigenvalue weighted by Gasteiger charge is 2.23. The van der Waals surface area contributed by atoms with Crippen LogP contribution in [0.15, 0.2) is 18.2 Å². The third-order valence-corrected chi connectivity index (χ3v) is 3.43. The van der Waals surface area contributed by atoms with Gasteiger partial charge in [0.05, 0.1) is 7.11 Å². The Morgan fingerprint density at radius 2 is 2.25 bits per heavy atom. The van der Waals surface area contributed by atoms with E-state index in [2.05, 4.69) is 12.2 Å². The van der Waals surface area contributed by atoms with Crippen molar-refractivity contribution >= 4 is 0 Å². The molecule has 3 heteroatoms. The number of methoxy groups -OCH3 is 1. The fourth-order valence-corrected chi connectivity index (χ4v) is 2.35. The van der Waals surface area contributed by atoms with Gasteiger partial charge in [-0.05, 0) is 42.5 Å². The molecule has 0 aliphatic carbocycles. The zero-order valence-electron chi connectivity index (χ0n) is 9.79. The second-order valence-corrected chi connectivity index (χ2v) is 4.47. The number of piperidine rings is 1. The Kier molecular flexibility index (Phi) is 3.44. The SMILES string of the molecule is COc1ccc(C2CNCCC2C)cc1F. The van der Waals surface area contributed by atoms with E-state index in [0.29, 0.717) is 17.6 Å². The molecule has 16 heavy (non-hydrogen) atoms. The predicted octanol–water partition coefficient (Wildman–Crippen LogP) is 2.55. The fraction of sp³-hybridized carbons (Fsp3) is 0.538. The first-order valence-corrected chi connectivity index (χ1v) is 5.76. The Labute approximate surface area is 95.8 Å². The second-order valence-electron chi connectivity index (χ2n) is 4.47. The predicted molar refractivity (Wildman–Crippen MR) is 62.3 cm³/mol. The molecule has 1 N–H and O–H groups in total. The van der Waals surface area contributed by atoms with Gasteiger partial charge in [0.15, 0.2) is 11.6 Å². The zero-order valence-corrected chi connectivity index (χ0v) is 9.79. The first kappa shape index (κ1) is 11.4. The minimum atomic E-state index is -0.266. The van der Waals surface area contributed by atoms with Crippen LogP contribution in [0.3, 0.4) is 0 Å². The molecule has 2 atom stereocenters. The molecule has 1 aromatic carbocycles. The molecule has 0 amide bonds. The molecule has 1 saturated heterocycles. The molecular weight excluding hydrogens is 205 g/mol. The Hall–Kier alpha value is -1.09. The van der Waals surface area contributed by atoms with Crippen LogP contribution >= 0.6 is 0 Å². The van der Waals surface area contributed by atoms with Gasteiger partial charge in [-0.3, -0.25) is 0 Å². The van der Waals surface area contributed by atoms with Crippen LogP contribution in [0.1, 0.15) is 24.8 Å². The Balaban J connectivity index is 2.22. The molecular formula is C13H18FNO. The summed E-state index contributed by atoms with van der Waals surface area (Å²) in [6, 6.07) is 5.29. The summed E-state index contributed by atoms with van der Waals surface area (Å²) in [6.07, 6.45) is 1.15. The monoisotopic (exact) mass is 223 g/mol. The fourth-order valence-electron chi connectivity index (χ4n) is 2.35. The molecule has 2 nitrogen and oxygen atoms in total. The van der Waals surface area contributed by atoms with Gasteiger partial charge < -0.3 is 10.1 Å². The zero-order chi connectivity index (χ0) is 11.5. The lowest BCUT2D eigenvalue weighted by Gasteiger charge is -2.30. The van der Waals surface area contributed by atoms with E-state index in [0.717, 1.165) is 25.1 Å². The highest BCUT2D eigenvalue weighted by Crippen LogP contribution is 2.31. The summed E-state index contributed by atoms with van der Waals surface area (Å²) in [5.74, 6) is 1.07. The topological polar surface area (TPSA) is 21.3 Å². The van der Waals surface area contributed by atoms with Crippen LogP contribution in [0, 0.1) is 11.7 Å². The van der Waals surface area contributed by atoms with Crippen molar-refractivity contribution in [2.24, 2.45) is 5.92 Å². The highest BCUT2D eigenvalue weighted by atomic mass is 19.1. The lowest BCUT2D eigenvalue weighted by atomic mass is 9.83. The molecule has 1 fully saturated rings. The summed E-state index contributed by atoms with van der Waals surface area (Å²) in [4.78, 5) is 0. The Morgan fingerprint density at radius 1 is 1.44 bits per heavy atom. The van der Waals surface area contributed by atoms with Crippen LogP contribution in [-0.2, 0) is 0 Å². The number of rotatable bonds is 2. The molecule has 88 valence electrons. The van der Waals surface area contributed by atoms with E-state index in [4.69, 9.17) is 4.74 Å². The van der Waals surface area contributed by atoms with Gasteiger partial charge in [-0.25, -0.2) is 4.39 Å². The molecule has 0 spiro atoms. The largest absolute Gasteiger partial charge is 0.494 e. The number of benzene rings is 1. The number of nitrogens with one attached hydrogen (secondary N) is 1. The summed E-state index contributed by atoms with van der Waals surface area (Å²) in [5.41, 5.74) is 1.07. The first-order valence-electron chi connectivity index (χ1n) is 5.76. The minimum Gasteiger partial charge on any atom is -0.494 e. The molecule has 2 rings (SSSR count). The van der Waals surface area contributed by atoms with Gasteiger partial charge in [-0.15, -0.1) is 0 Å². The number of halogens is 1. The molecule has 1 aliphatic heterocycles. The standard InChI is InChI=1S/C13H18FNO/c1-9-5-6-15-8-11(9)10-3-4-13(16-2)12(14)7-10/h3-4,7,9,11,15H,5-6,8H2,1-2H3. The Morgan fingerprint density at radius 3 is 2.88 bits per heavy atom. The van der Waals surface area contributed by atoms with Crippen LogP contribution in [0.5, 0.6) is 5.75 Å². The third-order valence-electron chi connectivity index (χ3n) is 3.43. The van der Waals surface area contributed by atoms with Crippen LogP contribution in [0.25, 0.3) is 0 Å². The van der Waals surface area contributed by atoms with Crippen molar-refractivity contribution in [3.8, 4) is 5.75 Å². The average Bonchev–Trinajstić information content (AvgIpc) is 2.29. The minimum absolute atomic E-state index is 0.266. The first-order chi connectivity index (χ1) is 7.72. The van der Waals surface area contributed by atoms with Crippen molar-refractivity contribution in [1.82, 2.24) is 5.32 Å². The summed E-state index contributed by atoms with van der Waals surface area (Å²) >= 11 is 0. The summed E-state index contributed by atoms with van der Waals surface area (Å²) in [5, 5.41) is 3.36. The van der Waals surface area contributed by atoms with Gasteiger partial charge in [0.2, 0.25) is 0 Å². The van der Waals surface area contributed by atoms with Gasteiger partial charge in [-0.2, -0.15) is 0 Å². The van der Waals surface area contributed by atoms with Crippen LogP contribution in [0.2, 0.25) is 0 Å². The summed E-state index contributed by atoms with van der Waals surface area (Å²) in [7, 11) is 1.49. The highest BCUT2D eigenvalue weighted by molar-refractivity contribution is 5.32. The summed E-state index contributed by atoms with van der Waals surface area (Å²) in [6.45, 7) is 4.23. The lowest BCUT2D eigenvalue weighted by Crippen LogP contribution is -2.33. The van der Waals surface area contributed by atoms with Crippen molar-refractivity contribution in [3.63, 3.8) is 0 Å². The van der Waals surface area contributed by atoms with E-state index in [1.807, 2.05) is 6.07 Å². The third kappa shape index (κ3) is 2.19. The normalized spacial score (nSPS) is 25.4. The van der Waals surface area contributed by atoms with Crippen molar-refractivity contribution < 1.29 is 9.13 Å². The van der Waals surface area contributed by atoms with E-state index in [9.17, 15) is 4.39 Å². The maximum Gasteiger partial charge on any atom is 0.165 e. The maximum absolute atomic E-state index is 13.6. The van der Waals surface area contributed by atoms with Gasteiger partial charge >= 0.3 is 0 Å². The van der Waals surface area contributed by atoms with E-state index >= 15 is 0 Å². The molecule has 0 saturated carbocycles.